The third-order valence-corrected chi connectivity index (χ3v) is 4.92. The van der Waals surface area contributed by atoms with Crippen LogP contribution in [0, 0.1) is 0 Å². The molecule has 19 heavy (non-hydrogen) atoms. The van der Waals surface area contributed by atoms with Crippen LogP contribution in [0.3, 0.4) is 0 Å². The van der Waals surface area contributed by atoms with E-state index in [2.05, 4.69) is 9.88 Å². The highest BCUT2D eigenvalue weighted by Crippen LogP contribution is 2.34. The van der Waals surface area contributed by atoms with E-state index in [1.807, 2.05) is 11.8 Å². The van der Waals surface area contributed by atoms with E-state index in [1.165, 1.54) is 24.2 Å². The van der Waals surface area contributed by atoms with Gasteiger partial charge < -0.3 is 15.5 Å². The molecule has 1 aromatic rings. The summed E-state index contributed by atoms with van der Waals surface area (Å²) in [5.41, 5.74) is 5.95. The van der Waals surface area contributed by atoms with Gasteiger partial charge >= 0.3 is 0 Å². The lowest BCUT2D eigenvalue weighted by Gasteiger charge is -2.19. The maximum atomic E-state index is 12.5. The van der Waals surface area contributed by atoms with Crippen molar-refractivity contribution in [1.29, 1.82) is 0 Å². The average Bonchev–Trinajstić information content (AvgIpc) is 2.93. The summed E-state index contributed by atoms with van der Waals surface area (Å²) in [5.74, 6) is 0.460. The molecule has 1 aliphatic heterocycles. The lowest BCUT2D eigenvalue weighted by atomic mass is 10.4. The number of rotatable bonds is 4. The number of carbonyl (C=O) groups is 1. The first kappa shape index (κ1) is 12.7. The number of nitrogens with two attached hydrogens (primary N) is 1. The number of aromatic nitrogens is 1. The molecule has 2 heterocycles. The van der Waals surface area contributed by atoms with E-state index >= 15 is 0 Å². The standard InChI is InChI=1S/C13H20N4OS/c1-2-17(9-5-6-9)12(18)10-11(14)15-13(19-10)16-7-3-4-8-16/h9H,2-8,14H2,1H3. The molecule has 0 aromatic carbocycles. The normalized spacial score (nSPS) is 18.9. The topological polar surface area (TPSA) is 62.5 Å². The van der Waals surface area contributed by atoms with Gasteiger partial charge in [-0.05, 0) is 32.6 Å². The molecule has 1 aliphatic carbocycles. The molecule has 2 fully saturated rings. The van der Waals surface area contributed by atoms with Crippen LogP contribution in [-0.4, -0.2) is 41.5 Å². The molecule has 104 valence electrons. The van der Waals surface area contributed by atoms with Crippen LogP contribution in [0.25, 0.3) is 0 Å². The summed E-state index contributed by atoms with van der Waals surface area (Å²) in [5, 5.41) is 0.908. The van der Waals surface area contributed by atoms with Gasteiger partial charge in [0.05, 0.1) is 0 Å². The molecule has 5 nitrogen and oxygen atoms in total. The van der Waals surface area contributed by atoms with Crippen LogP contribution in [0.15, 0.2) is 0 Å². The van der Waals surface area contributed by atoms with Gasteiger partial charge in [0.25, 0.3) is 5.91 Å². The summed E-state index contributed by atoms with van der Waals surface area (Å²) in [6, 6.07) is 0.425. The molecular formula is C13H20N4OS. The van der Waals surface area contributed by atoms with Gasteiger partial charge in [-0.2, -0.15) is 0 Å². The van der Waals surface area contributed by atoms with Crippen molar-refractivity contribution in [2.75, 3.05) is 30.3 Å². The molecule has 2 N–H and O–H groups in total. The quantitative estimate of drug-likeness (QED) is 0.915. The Balaban J connectivity index is 1.81. The minimum absolute atomic E-state index is 0.0606. The molecular weight excluding hydrogens is 260 g/mol. The van der Waals surface area contributed by atoms with Gasteiger partial charge in [-0.25, -0.2) is 4.98 Å². The molecule has 0 unspecified atom stereocenters. The molecule has 1 amide bonds. The molecule has 1 saturated heterocycles. The fourth-order valence-electron chi connectivity index (χ4n) is 2.60. The van der Waals surface area contributed by atoms with Crippen molar-refractivity contribution < 1.29 is 4.79 Å². The number of hydrogen-bond acceptors (Lipinski definition) is 5. The zero-order chi connectivity index (χ0) is 13.4. The largest absolute Gasteiger partial charge is 0.382 e. The monoisotopic (exact) mass is 280 g/mol. The van der Waals surface area contributed by atoms with Crippen LogP contribution in [0.2, 0.25) is 0 Å². The molecule has 0 spiro atoms. The van der Waals surface area contributed by atoms with Crippen molar-refractivity contribution in [3.63, 3.8) is 0 Å². The van der Waals surface area contributed by atoms with Crippen LogP contribution >= 0.6 is 11.3 Å². The second kappa shape index (κ2) is 5.00. The summed E-state index contributed by atoms with van der Waals surface area (Å²) in [6.07, 6.45) is 4.65. The minimum Gasteiger partial charge on any atom is -0.382 e. The molecule has 0 bridgehead atoms. The number of nitrogens with zero attached hydrogens (tertiary/aromatic N) is 3. The van der Waals surface area contributed by atoms with E-state index in [9.17, 15) is 4.79 Å². The van der Waals surface area contributed by atoms with Crippen molar-refractivity contribution in [3.8, 4) is 0 Å². The Kier molecular flexibility index (Phi) is 3.35. The predicted molar refractivity (Wildman–Crippen MR) is 77.7 cm³/mol. The van der Waals surface area contributed by atoms with E-state index < -0.39 is 0 Å². The third-order valence-electron chi connectivity index (χ3n) is 3.80. The Labute approximate surface area is 117 Å². The van der Waals surface area contributed by atoms with E-state index in [0.717, 1.165) is 37.6 Å². The third kappa shape index (κ3) is 2.41. The Morgan fingerprint density at radius 2 is 2.16 bits per heavy atom. The lowest BCUT2D eigenvalue weighted by molar-refractivity contribution is 0.0758. The zero-order valence-electron chi connectivity index (χ0n) is 11.3. The number of anilines is 2. The van der Waals surface area contributed by atoms with E-state index in [4.69, 9.17) is 5.73 Å². The summed E-state index contributed by atoms with van der Waals surface area (Å²) < 4.78 is 0. The van der Waals surface area contributed by atoms with E-state index in [0.29, 0.717) is 16.7 Å². The van der Waals surface area contributed by atoms with Gasteiger partial charge in [0.1, 0.15) is 10.7 Å². The SMILES string of the molecule is CCN(C(=O)c1sc(N2CCCC2)nc1N)C1CC1. The van der Waals surface area contributed by atoms with Crippen molar-refractivity contribution in [1.82, 2.24) is 9.88 Å². The van der Waals surface area contributed by atoms with Crippen molar-refractivity contribution in [2.24, 2.45) is 0 Å². The number of hydrogen-bond donors (Lipinski definition) is 1. The highest BCUT2D eigenvalue weighted by atomic mass is 32.1. The minimum atomic E-state index is 0.0606. The molecule has 2 aliphatic rings. The first-order valence-corrected chi connectivity index (χ1v) is 7.84. The number of thiazole rings is 1. The van der Waals surface area contributed by atoms with Crippen LogP contribution in [0.5, 0.6) is 0 Å². The Hall–Kier alpha value is -1.30. The molecule has 6 heteroatoms. The van der Waals surface area contributed by atoms with Crippen LogP contribution in [0.4, 0.5) is 10.9 Å². The zero-order valence-corrected chi connectivity index (χ0v) is 12.1. The second-order valence-electron chi connectivity index (χ2n) is 5.23. The first-order valence-electron chi connectivity index (χ1n) is 7.03. The highest BCUT2D eigenvalue weighted by Gasteiger charge is 2.34. The van der Waals surface area contributed by atoms with E-state index in [-0.39, 0.29) is 5.91 Å². The Bertz CT molecular complexity index is 477. The van der Waals surface area contributed by atoms with Crippen molar-refractivity contribution in [3.05, 3.63) is 4.88 Å². The molecule has 3 rings (SSSR count). The fraction of sp³-hybridized carbons (Fsp3) is 0.692. The van der Waals surface area contributed by atoms with Crippen LogP contribution in [-0.2, 0) is 0 Å². The molecule has 1 aromatic heterocycles. The average molecular weight is 280 g/mol. The summed E-state index contributed by atoms with van der Waals surface area (Å²) in [7, 11) is 0. The molecule has 0 atom stereocenters. The summed E-state index contributed by atoms with van der Waals surface area (Å²) >= 11 is 1.45. The summed E-state index contributed by atoms with van der Waals surface area (Å²) in [6.45, 7) is 4.83. The second-order valence-corrected chi connectivity index (χ2v) is 6.20. The first-order chi connectivity index (χ1) is 9.20. The molecule has 1 saturated carbocycles. The fourth-order valence-corrected chi connectivity index (χ4v) is 3.59. The van der Waals surface area contributed by atoms with Crippen LogP contribution < -0.4 is 10.6 Å². The summed E-state index contributed by atoms with van der Waals surface area (Å²) in [4.78, 5) is 21.7. The maximum Gasteiger partial charge on any atom is 0.268 e. The maximum absolute atomic E-state index is 12.5. The Morgan fingerprint density at radius 3 is 2.74 bits per heavy atom. The van der Waals surface area contributed by atoms with Gasteiger partial charge in [0.2, 0.25) is 0 Å². The number of amides is 1. The van der Waals surface area contributed by atoms with Crippen molar-refractivity contribution >= 4 is 28.2 Å². The van der Waals surface area contributed by atoms with Crippen LogP contribution in [0.1, 0.15) is 42.3 Å². The smallest absolute Gasteiger partial charge is 0.268 e. The molecule has 0 radical (unpaired) electrons. The van der Waals surface area contributed by atoms with Crippen molar-refractivity contribution in [2.45, 2.75) is 38.6 Å². The lowest BCUT2D eigenvalue weighted by Crippen LogP contribution is -2.32. The number of carbonyl (C=O) groups excluding carboxylic acids is 1. The van der Waals surface area contributed by atoms with Gasteiger partial charge in [-0.15, -0.1) is 0 Å². The predicted octanol–water partition coefficient (Wildman–Crippen LogP) is 1.95. The van der Waals surface area contributed by atoms with Gasteiger partial charge in [-0.1, -0.05) is 11.3 Å². The van der Waals surface area contributed by atoms with Gasteiger partial charge in [-0.3, -0.25) is 4.79 Å². The van der Waals surface area contributed by atoms with Gasteiger partial charge in [0.15, 0.2) is 5.13 Å². The number of nitrogen functional groups attached to an aromatic ring is 1. The highest BCUT2D eigenvalue weighted by molar-refractivity contribution is 7.18. The van der Waals surface area contributed by atoms with Gasteiger partial charge in [0, 0.05) is 25.7 Å². The Morgan fingerprint density at radius 1 is 1.47 bits per heavy atom. The van der Waals surface area contributed by atoms with E-state index in [1.54, 1.807) is 0 Å².